The number of hydrogen-bond donors (Lipinski definition) is 1. The molecule has 1 saturated carbocycles. The number of nitrogens with two attached hydrogens (primary N) is 1. The smallest absolute Gasteiger partial charge is 0.333 e. The third kappa shape index (κ3) is 2.89. The first-order valence-corrected chi connectivity index (χ1v) is 7.92. The minimum Gasteiger partial charge on any atom is -0.350 e. The van der Waals surface area contributed by atoms with Crippen molar-refractivity contribution in [2.24, 2.45) is 5.73 Å². The molecule has 0 aromatic heterocycles. The second-order valence-corrected chi connectivity index (χ2v) is 6.80. The van der Waals surface area contributed by atoms with Gasteiger partial charge in [-0.3, -0.25) is 0 Å². The summed E-state index contributed by atoms with van der Waals surface area (Å²) in [6, 6.07) is 7.33. The Balaban J connectivity index is 2.36. The van der Waals surface area contributed by atoms with Gasteiger partial charge in [0.25, 0.3) is 0 Å². The normalized spacial score (nSPS) is 17.1. The van der Waals surface area contributed by atoms with Gasteiger partial charge in [0.05, 0.1) is 10.9 Å². The molecule has 0 spiro atoms. The van der Waals surface area contributed by atoms with Crippen molar-refractivity contribution >= 4 is 21.7 Å². The van der Waals surface area contributed by atoms with Crippen LogP contribution in [0.15, 0.2) is 30.3 Å². The molecule has 1 aromatic rings. The minimum atomic E-state index is -3.72. The van der Waals surface area contributed by atoms with Crippen molar-refractivity contribution in [2.75, 3.05) is 4.31 Å². The van der Waals surface area contributed by atoms with Crippen LogP contribution in [0, 0.1) is 0 Å². The first kappa shape index (κ1) is 13.9. The summed E-state index contributed by atoms with van der Waals surface area (Å²) in [5, 5.41) is -0.506. The van der Waals surface area contributed by atoms with Gasteiger partial charge in [-0.05, 0) is 25.0 Å². The van der Waals surface area contributed by atoms with Crippen molar-refractivity contribution < 1.29 is 13.2 Å². The van der Waals surface area contributed by atoms with Gasteiger partial charge >= 0.3 is 6.03 Å². The number of para-hydroxylation sites is 1. The van der Waals surface area contributed by atoms with E-state index in [0.717, 1.165) is 23.6 Å². The van der Waals surface area contributed by atoms with Crippen LogP contribution in [0.5, 0.6) is 0 Å². The highest BCUT2D eigenvalue weighted by atomic mass is 32.2. The van der Waals surface area contributed by atoms with Gasteiger partial charge in [0.15, 0.2) is 0 Å². The molecule has 2 amide bonds. The molecule has 1 aliphatic carbocycles. The van der Waals surface area contributed by atoms with E-state index in [-0.39, 0.29) is 0 Å². The predicted octanol–water partition coefficient (Wildman–Crippen LogP) is 2.23. The van der Waals surface area contributed by atoms with Crippen molar-refractivity contribution in [3.8, 4) is 0 Å². The number of benzene rings is 1. The van der Waals surface area contributed by atoms with E-state index in [1.165, 1.54) is 0 Å². The van der Waals surface area contributed by atoms with E-state index in [2.05, 4.69) is 0 Å². The molecule has 0 unspecified atom stereocenters. The number of primary amides is 1. The Bertz CT molecular complexity index is 536. The lowest BCUT2D eigenvalue weighted by molar-refractivity contribution is 0.256. The molecule has 1 aliphatic rings. The molecule has 6 heteroatoms. The average molecular weight is 282 g/mol. The van der Waals surface area contributed by atoms with E-state index >= 15 is 0 Å². The Morgan fingerprint density at radius 2 is 1.68 bits per heavy atom. The fourth-order valence-corrected chi connectivity index (χ4v) is 4.37. The first-order chi connectivity index (χ1) is 9.03. The number of urea groups is 1. The molecule has 19 heavy (non-hydrogen) atoms. The molecule has 0 aliphatic heterocycles. The fraction of sp³-hybridized carbons (Fsp3) is 0.462. The minimum absolute atomic E-state index is 0.306. The monoisotopic (exact) mass is 282 g/mol. The third-order valence-corrected chi connectivity index (χ3v) is 5.63. The molecule has 0 bridgehead atoms. The quantitative estimate of drug-likeness (QED) is 0.923. The lowest BCUT2D eigenvalue weighted by atomic mass is 10.0. The molecule has 104 valence electrons. The number of hydrogen-bond acceptors (Lipinski definition) is 3. The summed E-state index contributed by atoms with van der Waals surface area (Å²) in [7, 11) is -3.72. The highest BCUT2D eigenvalue weighted by Crippen LogP contribution is 2.29. The van der Waals surface area contributed by atoms with Crippen LogP contribution in [0.25, 0.3) is 0 Å². The lowest BCUT2D eigenvalue weighted by Crippen LogP contribution is -2.46. The second-order valence-electron chi connectivity index (χ2n) is 4.74. The number of rotatable bonds is 3. The summed E-state index contributed by atoms with van der Waals surface area (Å²) in [4.78, 5) is 11.6. The molecular formula is C13H18N2O3S. The van der Waals surface area contributed by atoms with Gasteiger partial charge in [0, 0.05) is 0 Å². The number of amides is 2. The summed E-state index contributed by atoms with van der Waals surface area (Å²) < 4.78 is 25.8. The number of sulfonamides is 1. The molecule has 0 saturated heterocycles. The van der Waals surface area contributed by atoms with E-state index in [4.69, 9.17) is 5.73 Å². The van der Waals surface area contributed by atoms with Crippen LogP contribution in [0.4, 0.5) is 10.5 Å². The van der Waals surface area contributed by atoms with Crippen molar-refractivity contribution in [3.63, 3.8) is 0 Å². The van der Waals surface area contributed by atoms with E-state index < -0.39 is 21.3 Å². The summed E-state index contributed by atoms with van der Waals surface area (Å²) in [6.07, 6.45) is 4.00. The van der Waals surface area contributed by atoms with Crippen LogP contribution in [0.1, 0.15) is 32.1 Å². The summed E-state index contributed by atoms with van der Waals surface area (Å²) >= 11 is 0. The topological polar surface area (TPSA) is 80.5 Å². The fourth-order valence-electron chi connectivity index (χ4n) is 2.48. The van der Waals surface area contributed by atoms with Crippen LogP contribution in [-0.2, 0) is 10.0 Å². The van der Waals surface area contributed by atoms with E-state index in [1.54, 1.807) is 30.3 Å². The molecule has 5 nitrogen and oxygen atoms in total. The number of carbonyl (C=O) groups excluding carboxylic acids is 1. The third-order valence-electron chi connectivity index (χ3n) is 3.42. The second kappa shape index (κ2) is 5.61. The SMILES string of the molecule is NC(=O)N(c1ccccc1)S(=O)(=O)C1CCCCC1. The zero-order valence-electron chi connectivity index (χ0n) is 10.7. The van der Waals surface area contributed by atoms with Gasteiger partial charge in [-0.25, -0.2) is 13.2 Å². The van der Waals surface area contributed by atoms with Crippen LogP contribution in [0.2, 0.25) is 0 Å². The highest BCUT2D eigenvalue weighted by molar-refractivity contribution is 7.94. The maximum absolute atomic E-state index is 12.6. The molecule has 0 atom stereocenters. The van der Waals surface area contributed by atoms with Crippen LogP contribution in [0.3, 0.4) is 0 Å². The van der Waals surface area contributed by atoms with Gasteiger partial charge in [-0.2, -0.15) is 4.31 Å². The number of nitrogens with zero attached hydrogens (tertiary/aromatic N) is 1. The first-order valence-electron chi connectivity index (χ1n) is 6.42. The Kier molecular flexibility index (Phi) is 4.09. The van der Waals surface area contributed by atoms with E-state index in [0.29, 0.717) is 18.5 Å². The summed E-state index contributed by atoms with van der Waals surface area (Å²) in [5.41, 5.74) is 5.58. The average Bonchev–Trinajstić information content (AvgIpc) is 2.40. The van der Waals surface area contributed by atoms with Crippen molar-refractivity contribution in [2.45, 2.75) is 37.4 Å². The van der Waals surface area contributed by atoms with Crippen LogP contribution >= 0.6 is 0 Å². The van der Waals surface area contributed by atoms with Crippen molar-refractivity contribution in [1.29, 1.82) is 0 Å². The molecule has 2 rings (SSSR count). The maximum Gasteiger partial charge on any atom is 0.333 e. The molecule has 1 fully saturated rings. The molecule has 1 aromatic carbocycles. The summed E-state index contributed by atoms with van der Waals surface area (Å²) in [6.45, 7) is 0. The maximum atomic E-state index is 12.6. The van der Waals surface area contributed by atoms with Gasteiger partial charge in [-0.1, -0.05) is 37.5 Å². The molecule has 0 radical (unpaired) electrons. The van der Waals surface area contributed by atoms with Gasteiger partial charge in [0.2, 0.25) is 10.0 Å². The van der Waals surface area contributed by atoms with Crippen molar-refractivity contribution in [1.82, 2.24) is 0 Å². The van der Waals surface area contributed by atoms with Crippen LogP contribution in [-0.4, -0.2) is 19.7 Å². The summed E-state index contributed by atoms with van der Waals surface area (Å²) in [5.74, 6) is 0. The van der Waals surface area contributed by atoms with Gasteiger partial charge < -0.3 is 5.73 Å². The standard InChI is InChI=1S/C13H18N2O3S/c14-13(16)15(11-7-3-1-4-8-11)19(17,18)12-9-5-2-6-10-12/h1,3-4,7-8,12H,2,5-6,9-10H2,(H2,14,16). The van der Waals surface area contributed by atoms with E-state index in [1.807, 2.05) is 0 Å². The lowest BCUT2D eigenvalue weighted by Gasteiger charge is -2.28. The number of anilines is 1. The Morgan fingerprint density at radius 1 is 1.11 bits per heavy atom. The zero-order valence-corrected chi connectivity index (χ0v) is 11.5. The molecule has 2 N–H and O–H groups in total. The number of carbonyl (C=O) groups is 1. The van der Waals surface area contributed by atoms with E-state index in [9.17, 15) is 13.2 Å². The highest BCUT2D eigenvalue weighted by Gasteiger charge is 2.36. The van der Waals surface area contributed by atoms with Gasteiger partial charge in [-0.15, -0.1) is 0 Å². The Hall–Kier alpha value is -1.56. The van der Waals surface area contributed by atoms with Gasteiger partial charge in [0.1, 0.15) is 0 Å². The van der Waals surface area contributed by atoms with Crippen LogP contribution < -0.4 is 10.0 Å². The molecule has 0 heterocycles. The van der Waals surface area contributed by atoms with Crippen molar-refractivity contribution in [3.05, 3.63) is 30.3 Å². The zero-order chi connectivity index (χ0) is 13.9. The molecular weight excluding hydrogens is 264 g/mol. The largest absolute Gasteiger partial charge is 0.350 e. The predicted molar refractivity (Wildman–Crippen MR) is 74.3 cm³/mol. The Labute approximate surface area is 113 Å². The Morgan fingerprint density at radius 3 is 2.21 bits per heavy atom.